The topological polar surface area (TPSA) is 15.3 Å². The predicted octanol–water partition coefficient (Wildman–Crippen LogP) is 3.42. The molecule has 0 aromatic heterocycles. The second-order valence-electron chi connectivity index (χ2n) is 6.43. The predicted molar refractivity (Wildman–Crippen MR) is 78.9 cm³/mol. The fourth-order valence-electron chi connectivity index (χ4n) is 4.00. The van der Waals surface area contributed by atoms with Crippen molar-refractivity contribution in [3.63, 3.8) is 0 Å². The molecule has 18 heavy (non-hydrogen) atoms. The highest BCUT2D eigenvalue weighted by molar-refractivity contribution is 4.87. The zero-order chi connectivity index (χ0) is 12.8. The highest BCUT2D eigenvalue weighted by Crippen LogP contribution is 2.34. The van der Waals surface area contributed by atoms with Crippen molar-refractivity contribution >= 4 is 0 Å². The van der Waals surface area contributed by atoms with Gasteiger partial charge in [-0.1, -0.05) is 26.2 Å². The van der Waals surface area contributed by atoms with Gasteiger partial charge in [-0.3, -0.25) is 4.90 Å². The number of hydrogen-bond donors (Lipinski definition) is 1. The monoisotopic (exact) mass is 252 g/mol. The summed E-state index contributed by atoms with van der Waals surface area (Å²) < 4.78 is 0. The molecule has 1 aliphatic heterocycles. The van der Waals surface area contributed by atoms with E-state index in [-0.39, 0.29) is 0 Å². The number of rotatable bonds is 6. The van der Waals surface area contributed by atoms with Crippen LogP contribution >= 0.6 is 0 Å². The Kier molecular flexibility index (Phi) is 5.97. The van der Waals surface area contributed by atoms with E-state index >= 15 is 0 Å². The summed E-state index contributed by atoms with van der Waals surface area (Å²) >= 11 is 0. The van der Waals surface area contributed by atoms with Gasteiger partial charge in [-0.15, -0.1) is 0 Å². The van der Waals surface area contributed by atoms with Gasteiger partial charge in [0.1, 0.15) is 0 Å². The summed E-state index contributed by atoms with van der Waals surface area (Å²) in [7, 11) is 0. The molecule has 0 bridgehead atoms. The fourth-order valence-corrected chi connectivity index (χ4v) is 4.00. The molecule has 106 valence electrons. The Morgan fingerprint density at radius 2 is 1.94 bits per heavy atom. The van der Waals surface area contributed by atoms with E-state index in [0.29, 0.717) is 6.04 Å². The van der Waals surface area contributed by atoms with Crippen LogP contribution in [0.2, 0.25) is 0 Å². The number of fused-ring (bicyclic) bond motifs is 1. The van der Waals surface area contributed by atoms with Crippen molar-refractivity contribution in [3.8, 4) is 0 Å². The smallest absolute Gasteiger partial charge is 0.0124 e. The summed E-state index contributed by atoms with van der Waals surface area (Å²) in [5.74, 6) is 1.03. The minimum Gasteiger partial charge on any atom is -0.313 e. The van der Waals surface area contributed by atoms with Crippen molar-refractivity contribution < 1.29 is 0 Å². The minimum atomic E-state index is 0.696. The van der Waals surface area contributed by atoms with Crippen molar-refractivity contribution in [3.05, 3.63) is 0 Å². The van der Waals surface area contributed by atoms with Crippen molar-refractivity contribution in [2.75, 3.05) is 19.6 Å². The normalized spacial score (nSPS) is 31.0. The third-order valence-electron chi connectivity index (χ3n) is 4.97. The molecule has 0 spiro atoms. The van der Waals surface area contributed by atoms with E-state index in [9.17, 15) is 0 Å². The number of piperidine rings is 1. The lowest BCUT2D eigenvalue weighted by Crippen LogP contribution is -2.49. The van der Waals surface area contributed by atoms with E-state index in [1.54, 1.807) is 0 Å². The van der Waals surface area contributed by atoms with Gasteiger partial charge in [-0.2, -0.15) is 0 Å². The van der Waals surface area contributed by atoms with Crippen LogP contribution in [0, 0.1) is 5.92 Å². The first-order valence-electron chi connectivity index (χ1n) is 8.28. The molecule has 1 saturated heterocycles. The summed E-state index contributed by atoms with van der Waals surface area (Å²) in [6.45, 7) is 8.41. The Hall–Kier alpha value is -0.0800. The maximum Gasteiger partial charge on any atom is 0.0124 e. The molecule has 0 radical (unpaired) electrons. The van der Waals surface area contributed by atoms with Crippen molar-refractivity contribution in [2.24, 2.45) is 5.92 Å². The Morgan fingerprint density at radius 1 is 1.17 bits per heavy atom. The maximum atomic E-state index is 3.68. The van der Waals surface area contributed by atoms with E-state index in [1.807, 2.05) is 0 Å². The van der Waals surface area contributed by atoms with Gasteiger partial charge in [-0.25, -0.2) is 0 Å². The van der Waals surface area contributed by atoms with Gasteiger partial charge in [0.2, 0.25) is 0 Å². The van der Waals surface area contributed by atoms with Gasteiger partial charge >= 0.3 is 0 Å². The molecule has 0 amide bonds. The van der Waals surface area contributed by atoms with E-state index in [2.05, 4.69) is 24.1 Å². The third kappa shape index (κ3) is 3.96. The van der Waals surface area contributed by atoms with Crippen molar-refractivity contribution in [1.29, 1.82) is 0 Å². The van der Waals surface area contributed by atoms with Gasteiger partial charge < -0.3 is 5.32 Å². The Bertz CT molecular complexity index is 227. The zero-order valence-corrected chi connectivity index (χ0v) is 12.5. The molecule has 2 rings (SSSR count). The van der Waals surface area contributed by atoms with Crippen LogP contribution in [0.3, 0.4) is 0 Å². The number of nitrogens with zero attached hydrogens (tertiary/aromatic N) is 1. The third-order valence-corrected chi connectivity index (χ3v) is 4.97. The van der Waals surface area contributed by atoms with E-state index in [1.165, 1.54) is 71.0 Å². The van der Waals surface area contributed by atoms with E-state index < -0.39 is 0 Å². The lowest BCUT2D eigenvalue weighted by atomic mass is 9.78. The zero-order valence-electron chi connectivity index (χ0n) is 12.5. The Labute approximate surface area is 114 Å². The number of hydrogen-bond acceptors (Lipinski definition) is 2. The highest BCUT2D eigenvalue weighted by atomic mass is 15.2. The SMILES string of the molecule is CCCC(C)NCCN1CCC[C@H]2CCCC[C@H]21. The molecule has 1 unspecified atom stereocenters. The van der Waals surface area contributed by atoms with Crippen LogP contribution in [-0.4, -0.2) is 36.6 Å². The molecular weight excluding hydrogens is 220 g/mol. The molecule has 1 aliphatic carbocycles. The Balaban J connectivity index is 1.70. The molecule has 2 heteroatoms. The highest BCUT2D eigenvalue weighted by Gasteiger charge is 2.32. The minimum absolute atomic E-state index is 0.696. The van der Waals surface area contributed by atoms with Gasteiger partial charge in [0.15, 0.2) is 0 Å². The average Bonchev–Trinajstić information content (AvgIpc) is 2.39. The number of likely N-dealkylation sites (tertiary alicyclic amines) is 1. The van der Waals surface area contributed by atoms with Gasteiger partial charge in [0, 0.05) is 25.2 Å². The number of nitrogens with one attached hydrogen (secondary N) is 1. The average molecular weight is 252 g/mol. The lowest BCUT2D eigenvalue weighted by Gasteiger charge is -2.44. The summed E-state index contributed by atoms with van der Waals surface area (Å²) in [6.07, 6.45) is 11.5. The van der Waals surface area contributed by atoms with Crippen LogP contribution in [-0.2, 0) is 0 Å². The fraction of sp³-hybridized carbons (Fsp3) is 1.00. The maximum absolute atomic E-state index is 3.68. The molecule has 1 heterocycles. The summed E-state index contributed by atoms with van der Waals surface area (Å²) in [5.41, 5.74) is 0. The van der Waals surface area contributed by atoms with Gasteiger partial charge in [0.25, 0.3) is 0 Å². The molecule has 1 N–H and O–H groups in total. The summed E-state index contributed by atoms with van der Waals surface area (Å²) in [4.78, 5) is 2.79. The van der Waals surface area contributed by atoms with Crippen LogP contribution in [0.5, 0.6) is 0 Å². The molecular formula is C16H32N2. The molecule has 1 saturated carbocycles. The molecule has 0 aromatic carbocycles. The second-order valence-corrected chi connectivity index (χ2v) is 6.43. The van der Waals surface area contributed by atoms with Crippen molar-refractivity contribution in [1.82, 2.24) is 10.2 Å². The molecule has 2 aliphatic rings. The van der Waals surface area contributed by atoms with Crippen LogP contribution < -0.4 is 5.32 Å². The molecule has 3 atom stereocenters. The molecule has 2 fully saturated rings. The quantitative estimate of drug-likeness (QED) is 0.779. The van der Waals surface area contributed by atoms with Crippen molar-refractivity contribution in [2.45, 2.75) is 77.3 Å². The second kappa shape index (κ2) is 7.49. The van der Waals surface area contributed by atoms with Crippen LogP contribution in [0.25, 0.3) is 0 Å². The van der Waals surface area contributed by atoms with E-state index in [4.69, 9.17) is 0 Å². The first-order chi connectivity index (χ1) is 8.81. The standard InChI is InChI=1S/C16H32N2/c1-3-7-14(2)17-11-13-18-12-6-9-15-8-4-5-10-16(15)18/h14-17H,3-13H2,1-2H3/t14?,15-,16-/m1/s1. The summed E-state index contributed by atoms with van der Waals surface area (Å²) in [6, 6.07) is 1.62. The molecule has 0 aromatic rings. The van der Waals surface area contributed by atoms with Gasteiger partial charge in [0.05, 0.1) is 0 Å². The summed E-state index contributed by atoms with van der Waals surface area (Å²) in [5, 5.41) is 3.68. The van der Waals surface area contributed by atoms with Gasteiger partial charge in [-0.05, 0) is 51.5 Å². The van der Waals surface area contributed by atoms with Crippen LogP contribution in [0.4, 0.5) is 0 Å². The van der Waals surface area contributed by atoms with Crippen LogP contribution in [0.15, 0.2) is 0 Å². The van der Waals surface area contributed by atoms with E-state index in [0.717, 1.165) is 12.0 Å². The van der Waals surface area contributed by atoms with Crippen LogP contribution in [0.1, 0.15) is 65.2 Å². The lowest BCUT2D eigenvalue weighted by molar-refractivity contribution is 0.0613. The first-order valence-corrected chi connectivity index (χ1v) is 8.28. The molecule has 2 nitrogen and oxygen atoms in total. The largest absolute Gasteiger partial charge is 0.313 e. The Morgan fingerprint density at radius 3 is 2.78 bits per heavy atom. The first kappa shape index (κ1) is 14.3.